The molecule has 6 nitrogen and oxygen atoms in total. The Morgan fingerprint density at radius 2 is 1.71 bits per heavy atom. The highest BCUT2D eigenvalue weighted by Crippen LogP contribution is 2.33. The van der Waals surface area contributed by atoms with Gasteiger partial charge in [-0.3, -0.25) is 4.90 Å². The largest absolute Gasteiger partial charge is 0.419 e. The van der Waals surface area contributed by atoms with E-state index in [2.05, 4.69) is 20.3 Å². The molecule has 7 heteroatoms. The van der Waals surface area contributed by atoms with Crippen molar-refractivity contribution in [1.82, 2.24) is 20.3 Å². The molecule has 0 fully saturated rings. The second kappa shape index (κ2) is 7.96. The van der Waals surface area contributed by atoms with Crippen molar-refractivity contribution in [1.29, 1.82) is 0 Å². The zero-order valence-corrected chi connectivity index (χ0v) is 16.3. The predicted octanol–water partition coefficient (Wildman–Crippen LogP) is 4.99. The van der Waals surface area contributed by atoms with E-state index in [4.69, 9.17) is 20.5 Å². The highest BCUT2D eigenvalue weighted by atomic mass is 35.5. The lowest BCUT2D eigenvalue weighted by Gasteiger charge is -2.14. The molecule has 28 heavy (non-hydrogen) atoms. The molecular formula is C21H19ClN4O2. The van der Waals surface area contributed by atoms with E-state index in [1.165, 1.54) is 0 Å². The first-order valence-corrected chi connectivity index (χ1v) is 9.25. The number of hydrogen-bond acceptors (Lipinski definition) is 6. The molecule has 4 aromatic rings. The van der Waals surface area contributed by atoms with Gasteiger partial charge in [-0.1, -0.05) is 59.2 Å². The fourth-order valence-electron chi connectivity index (χ4n) is 3.02. The molecule has 2 aromatic heterocycles. The Labute approximate surface area is 167 Å². The SMILES string of the molecule is Cc1onc(-c2ccccc2)c1-c1nnc(CN(C)Cc2ccc(Cl)cc2)o1. The van der Waals surface area contributed by atoms with Crippen molar-refractivity contribution in [2.75, 3.05) is 7.05 Å². The van der Waals surface area contributed by atoms with Crippen LogP contribution in [-0.4, -0.2) is 27.3 Å². The summed E-state index contributed by atoms with van der Waals surface area (Å²) in [7, 11) is 2.00. The van der Waals surface area contributed by atoms with Gasteiger partial charge in [0, 0.05) is 17.1 Å². The van der Waals surface area contributed by atoms with Crippen LogP contribution in [-0.2, 0) is 13.1 Å². The third-order valence-electron chi connectivity index (χ3n) is 4.36. The van der Waals surface area contributed by atoms with Gasteiger partial charge in [-0.2, -0.15) is 0 Å². The maximum absolute atomic E-state index is 5.94. The fraction of sp³-hybridized carbons (Fsp3) is 0.190. The van der Waals surface area contributed by atoms with Gasteiger partial charge in [0.05, 0.1) is 6.54 Å². The Kier molecular flexibility index (Phi) is 5.23. The lowest BCUT2D eigenvalue weighted by molar-refractivity contribution is 0.283. The lowest BCUT2D eigenvalue weighted by Crippen LogP contribution is -2.17. The topological polar surface area (TPSA) is 68.2 Å². The van der Waals surface area contributed by atoms with Crippen LogP contribution in [0.4, 0.5) is 0 Å². The summed E-state index contributed by atoms with van der Waals surface area (Å²) in [6.07, 6.45) is 0. The van der Waals surface area contributed by atoms with E-state index in [0.717, 1.165) is 28.3 Å². The zero-order valence-electron chi connectivity index (χ0n) is 15.6. The fourth-order valence-corrected chi connectivity index (χ4v) is 3.15. The number of aryl methyl sites for hydroxylation is 1. The molecule has 0 unspecified atom stereocenters. The molecule has 0 amide bonds. The molecule has 142 valence electrons. The summed E-state index contributed by atoms with van der Waals surface area (Å²) in [5.41, 5.74) is 3.52. The quantitative estimate of drug-likeness (QED) is 0.459. The van der Waals surface area contributed by atoms with E-state index >= 15 is 0 Å². The summed E-state index contributed by atoms with van der Waals surface area (Å²) < 4.78 is 11.3. The Morgan fingerprint density at radius 3 is 2.46 bits per heavy atom. The van der Waals surface area contributed by atoms with Crippen molar-refractivity contribution in [2.24, 2.45) is 0 Å². The Morgan fingerprint density at radius 1 is 0.964 bits per heavy atom. The molecule has 0 saturated heterocycles. The van der Waals surface area contributed by atoms with E-state index in [-0.39, 0.29) is 0 Å². The first-order valence-electron chi connectivity index (χ1n) is 8.87. The van der Waals surface area contributed by atoms with Crippen LogP contribution < -0.4 is 0 Å². The summed E-state index contributed by atoms with van der Waals surface area (Å²) in [6.45, 7) is 3.11. The smallest absolute Gasteiger partial charge is 0.253 e. The van der Waals surface area contributed by atoms with E-state index in [1.807, 2.05) is 68.6 Å². The number of benzene rings is 2. The summed E-state index contributed by atoms with van der Waals surface area (Å²) in [5, 5.41) is 13.3. The molecule has 0 radical (unpaired) electrons. The number of halogens is 1. The zero-order chi connectivity index (χ0) is 19.5. The monoisotopic (exact) mass is 394 g/mol. The molecular weight excluding hydrogens is 376 g/mol. The third kappa shape index (κ3) is 3.98. The van der Waals surface area contributed by atoms with Crippen molar-refractivity contribution in [3.63, 3.8) is 0 Å². The minimum atomic E-state index is 0.410. The van der Waals surface area contributed by atoms with Crippen LogP contribution >= 0.6 is 11.6 Å². The van der Waals surface area contributed by atoms with Crippen LogP contribution in [0.3, 0.4) is 0 Å². The molecule has 4 rings (SSSR count). The summed E-state index contributed by atoms with van der Waals surface area (Å²) >= 11 is 5.94. The predicted molar refractivity (Wildman–Crippen MR) is 107 cm³/mol. The number of hydrogen-bond donors (Lipinski definition) is 0. The number of nitrogens with zero attached hydrogens (tertiary/aromatic N) is 4. The van der Waals surface area contributed by atoms with E-state index in [0.29, 0.717) is 29.8 Å². The summed E-state index contributed by atoms with van der Waals surface area (Å²) in [4.78, 5) is 2.10. The van der Waals surface area contributed by atoms with Gasteiger partial charge in [-0.05, 0) is 31.7 Å². The van der Waals surface area contributed by atoms with Gasteiger partial charge in [-0.25, -0.2) is 0 Å². The molecule has 0 saturated carbocycles. The first kappa shape index (κ1) is 18.4. The summed E-state index contributed by atoms with van der Waals surface area (Å²) in [5.74, 6) is 1.59. The van der Waals surface area contributed by atoms with Crippen LogP contribution in [0, 0.1) is 6.92 Å². The van der Waals surface area contributed by atoms with Crippen molar-refractivity contribution in [3.8, 4) is 22.7 Å². The van der Waals surface area contributed by atoms with Crippen molar-refractivity contribution in [2.45, 2.75) is 20.0 Å². The van der Waals surface area contributed by atoms with Gasteiger partial charge in [0.15, 0.2) is 0 Å². The molecule has 0 bridgehead atoms. The first-order chi connectivity index (χ1) is 13.6. The van der Waals surface area contributed by atoms with Crippen LogP contribution in [0.25, 0.3) is 22.7 Å². The van der Waals surface area contributed by atoms with Gasteiger partial charge in [0.1, 0.15) is 17.0 Å². The van der Waals surface area contributed by atoms with Crippen molar-refractivity contribution in [3.05, 3.63) is 76.8 Å². The highest BCUT2D eigenvalue weighted by molar-refractivity contribution is 6.30. The molecule has 2 aromatic carbocycles. The van der Waals surface area contributed by atoms with E-state index in [9.17, 15) is 0 Å². The maximum atomic E-state index is 5.94. The third-order valence-corrected chi connectivity index (χ3v) is 4.61. The van der Waals surface area contributed by atoms with E-state index < -0.39 is 0 Å². The number of rotatable bonds is 6. The lowest BCUT2D eigenvalue weighted by atomic mass is 10.1. The molecule has 2 heterocycles. The number of aromatic nitrogens is 3. The van der Waals surface area contributed by atoms with Crippen LogP contribution in [0.1, 0.15) is 17.2 Å². The van der Waals surface area contributed by atoms with Crippen LogP contribution in [0.5, 0.6) is 0 Å². The average Bonchev–Trinajstić information content (AvgIpc) is 3.30. The van der Waals surface area contributed by atoms with Crippen molar-refractivity contribution < 1.29 is 8.94 Å². The Balaban J connectivity index is 1.52. The minimum absolute atomic E-state index is 0.410. The normalized spacial score (nSPS) is 11.3. The average molecular weight is 395 g/mol. The molecule has 0 atom stereocenters. The van der Waals surface area contributed by atoms with Gasteiger partial charge in [0.25, 0.3) is 5.89 Å². The van der Waals surface area contributed by atoms with Gasteiger partial charge in [0.2, 0.25) is 5.89 Å². The van der Waals surface area contributed by atoms with Gasteiger partial charge < -0.3 is 8.94 Å². The van der Waals surface area contributed by atoms with Crippen LogP contribution in [0.2, 0.25) is 5.02 Å². The second-order valence-corrected chi connectivity index (χ2v) is 7.06. The standard InChI is InChI=1S/C21H19ClN4O2/c1-14-19(20(25-28-14)16-6-4-3-5-7-16)21-24-23-18(27-21)13-26(2)12-15-8-10-17(22)11-9-15/h3-11H,12-13H2,1-2H3. The molecule has 0 spiro atoms. The highest BCUT2D eigenvalue weighted by Gasteiger charge is 2.22. The molecule has 0 aliphatic rings. The van der Waals surface area contributed by atoms with Gasteiger partial charge in [-0.15, -0.1) is 10.2 Å². The Hall–Kier alpha value is -2.96. The Bertz CT molecular complexity index is 1060. The minimum Gasteiger partial charge on any atom is -0.419 e. The van der Waals surface area contributed by atoms with Crippen LogP contribution in [0.15, 0.2) is 63.5 Å². The van der Waals surface area contributed by atoms with Crippen molar-refractivity contribution >= 4 is 11.6 Å². The molecule has 0 N–H and O–H groups in total. The maximum Gasteiger partial charge on any atom is 0.253 e. The van der Waals surface area contributed by atoms with Gasteiger partial charge >= 0.3 is 0 Å². The second-order valence-electron chi connectivity index (χ2n) is 6.63. The van der Waals surface area contributed by atoms with E-state index in [1.54, 1.807) is 0 Å². The molecule has 0 aliphatic heterocycles. The summed E-state index contributed by atoms with van der Waals surface area (Å²) in [6, 6.07) is 17.6. The molecule has 0 aliphatic carbocycles.